The Balaban J connectivity index is 1.59. The number of nitrogens with zero attached hydrogens (tertiary/aromatic N) is 3. The molecule has 1 aliphatic heterocycles. The molecule has 0 spiro atoms. The molecule has 0 bridgehead atoms. The highest BCUT2D eigenvalue weighted by atomic mass is 16.2. The van der Waals surface area contributed by atoms with Gasteiger partial charge in [-0.1, -0.05) is 12.1 Å². The fourth-order valence-corrected chi connectivity index (χ4v) is 2.66. The molecule has 1 aromatic heterocycles. The number of rotatable bonds is 4. The summed E-state index contributed by atoms with van der Waals surface area (Å²) in [5, 5.41) is 2.74. The minimum Gasteiger partial charge on any atom is -0.382 e. The highest BCUT2D eigenvalue weighted by molar-refractivity contribution is 5.96. The number of benzene rings is 1. The van der Waals surface area contributed by atoms with Crippen LogP contribution >= 0.6 is 0 Å². The molecule has 1 aliphatic rings. The van der Waals surface area contributed by atoms with Crippen molar-refractivity contribution in [3.63, 3.8) is 0 Å². The van der Waals surface area contributed by atoms with Gasteiger partial charge in [0.05, 0.1) is 0 Å². The molecule has 2 amide bonds. The molecule has 24 heavy (non-hydrogen) atoms. The van der Waals surface area contributed by atoms with E-state index in [0.717, 1.165) is 31.5 Å². The van der Waals surface area contributed by atoms with E-state index >= 15 is 0 Å². The lowest BCUT2D eigenvalue weighted by Gasteiger charge is -2.15. The number of nitrogens with two attached hydrogens (primary N) is 1. The van der Waals surface area contributed by atoms with Crippen molar-refractivity contribution in [2.45, 2.75) is 19.4 Å². The second-order valence-corrected chi connectivity index (χ2v) is 5.67. The lowest BCUT2D eigenvalue weighted by Crippen LogP contribution is -2.27. The van der Waals surface area contributed by atoms with Crippen LogP contribution in [0.5, 0.6) is 0 Å². The van der Waals surface area contributed by atoms with Crippen LogP contribution in [0.15, 0.2) is 36.7 Å². The van der Waals surface area contributed by atoms with Crippen molar-refractivity contribution >= 4 is 17.6 Å². The molecule has 0 saturated carbocycles. The Bertz CT molecular complexity index is 739. The molecule has 0 unspecified atom stereocenters. The lowest BCUT2D eigenvalue weighted by atomic mass is 10.1. The zero-order chi connectivity index (χ0) is 16.9. The third kappa shape index (κ3) is 3.51. The van der Waals surface area contributed by atoms with Crippen LogP contribution in [0.3, 0.4) is 0 Å². The average molecular weight is 325 g/mol. The van der Waals surface area contributed by atoms with Gasteiger partial charge < -0.3 is 16.0 Å². The first-order chi connectivity index (χ1) is 11.6. The number of likely N-dealkylation sites (tertiary alicyclic amines) is 1. The van der Waals surface area contributed by atoms with Gasteiger partial charge in [0.1, 0.15) is 0 Å². The Hall–Kier alpha value is -2.96. The maximum absolute atomic E-state index is 12.3. The standard InChI is InChI=1S/C17H19N5O2/c18-15-14(19-7-8-20-15)16(23)21-11-12-3-5-13(6-4-12)17(24)22-9-1-2-10-22/h3-8H,1-2,9-11H2,(H2,18,20)(H,21,23). The van der Waals surface area contributed by atoms with Gasteiger partial charge in [-0.2, -0.15) is 0 Å². The van der Waals surface area contributed by atoms with Crippen molar-refractivity contribution in [2.75, 3.05) is 18.8 Å². The monoisotopic (exact) mass is 325 g/mol. The molecule has 0 radical (unpaired) electrons. The largest absolute Gasteiger partial charge is 0.382 e. The molecular formula is C17H19N5O2. The molecule has 7 nitrogen and oxygen atoms in total. The number of aromatic nitrogens is 2. The van der Waals surface area contributed by atoms with E-state index in [1.807, 2.05) is 17.0 Å². The molecule has 3 N–H and O–H groups in total. The van der Waals surface area contributed by atoms with Crippen LogP contribution in [0.4, 0.5) is 5.82 Å². The Kier molecular flexibility index (Phi) is 4.69. The highest BCUT2D eigenvalue weighted by Crippen LogP contribution is 2.13. The summed E-state index contributed by atoms with van der Waals surface area (Å²) in [6, 6.07) is 7.25. The fourth-order valence-electron chi connectivity index (χ4n) is 2.66. The Labute approximate surface area is 139 Å². The maximum Gasteiger partial charge on any atom is 0.273 e. The summed E-state index contributed by atoms with van der Waals surface area (Å²) in [6.07, 6.45) is 5.00. The van der Waals surface area contributed by atoms with Crippen LogP contribution in [0.1, 0.15) is 39.3 Å². The van der Waals surface area contributed by atoms with Gasteiger partial charge >= 0.3 is 0 Å². The molecule has 124 valence electrons. The van der Waals surface area contributed by atoms with E-state index in [2.05, 4.69) is 15.3 Å². The predicted octanol–water partition coefficient (Wildman–Crippen LogP) is 1.22. The number of hydrogen-bond acceptors (Lipinski definition) is 5. The molecule has 0 aliphatic carbocycles. The third-order valence-corrected chi connectivity index (χ3v) is 3.99. The number of carbonyl (C=O) groups excluding carboxylic acids is 2. The summed E-state index contributed by atoms with van der Waals surface area (Å²) in [5.41, 5.74) is 7.30. The van der Waals surface area contributed by atoms with Crippen LogP contribution in [-0.4, -0.2) is 39.8 Å². The van der Waals surface area contributed by atoms with Crippen molar-refractivity contribution in [2.24, 2.45) is 0 Å². The van der Waals surface area contributed by atoms with Crippen molar-refractivity contribution in [1.82, 2.24) is 20.2 Å². The van der Waals surface area contributed by atoms with Gasteiger partial charge in [0.25, 0.3) is 11.8 Å². The third-order valence-electron chi connectivity index (χ3n) is 3.99. The van der Waals surface area contributed by atoms with Gasteiger partial charge in [0, 0.05) is 37.6 Å². The summed E-state index contributed by atoms with van der Waals surface area (Å²) < 4.78 is 0. The van der Waals surface area contributed by atoms with E-state index in [1.54, 1.807) is 12.1 Å². The van der Waals surface area contributed by atoms with Crippen molar-refractivity contribution in [3.8, 4) is 0 Å². The van der Waals surface area contributed by atoms with Crippen LogP contribution in [-0.2, 0) is 6.54 Å². The first-order valence-electron chi connectivity index (χ1n) is 7.88. The molecule has 1 saturated heterocycles. The number of amides is 2. The van der Waals surface area contributed by atoms with Gasteiger partial charge in [-0.05, 0) is 30.5 Å². The van der Waals surface area contributed by atoms with E-state index in [9.17, 15) is 9.59 Å². The Morgan fingerprint density at radius 3 is 2.42 bits per heavy atom. The first-order valence-corrected chi connectivity index (χ1v) is 7.88. The van der Waals surface area contributed by atoms with Crippen molar-refractivity contribution in [3.05, 3.63) is 53.5 Å². The van der Waals surface area contributed by atoms with Crippen LogP contribution < -0.4 is 11.1 Å². The fraction of sp³-hybridized carbons (Fsp3) is 0.294. The smallest absolute Gasteiger partial charge is 0.273 e. The number of anilines is 1. The molecule has 3 rings (SSSR count). The highest BCUT2D eigenvalue weighted by Gasteiger charge is 2.19. The summed E-state index contributed by atoms with van der Waals surface area (Å²) in [6.45, 7) is 1.99. The van der Waals surface area contributed by atoms with Gasteiger partial charge in [0.2, 0.25) is 0 Å². The van der Waals surface area contributed by atoms with Gasteiger partial charge in [-0.15, -0.1) is 0 Å². The van der Waals surface area contributed by atoms with E-state index in [-0.39, 0.29) is 23.3 Å². The molecular weight excluding hydrogens is 306 g/mol. The number of nitrogens with one attached hydrogen (secondary N) is 1. The van der Waals surface area contributed by atoms with Gasteiger partial charge in [-0.25, -0.2) is 9.97 Å². The van der Waals surface area contributed by atoms with Crippen LogP contribution in [0, 0.1) is 0 Å². The maximum atomic E-state index is 12.3. The zero-order valence-corrected chi connectivity index (χ0v) is 13.2. The molecule has 1 fully saturated rings. The molecule has 2 heterocycles. The number of hydrogen-bond donors (Lipinski definition) is 2. The summed E-state index contributed by atoms with van der Waals surface area (Å²) in [7, 11) is 0. The molecule has 2 aromatic rings. The topological polar surface area (TPSA) is 101 Å². The minimum atomic E-state index is -0.377. The predicted molar refractivity (Wildman–Crippen MR) is 89.2 cm³/mol. The van der Waals surface area contributed by atoms with Gasteiger partial charge in [0.15, 0.2) is 11.5 Å². The summed E-state index contributed by atoms with van der Waals surface area (Å²) in [4.78, 5) is 33.9. The van der Waals surface area contributed by atoms with Crippen LogP contribution in [0.2, 0.25) is 0 Å². The molecule has 7 heteroatoms. The van der Waals surface area contributed by atoms with Crippen molar-refractivity contribution in [1.29, 1.82) is 0 Å². The number of nitrogen functional groups attached to an aromatic ring is 1. The Morgan fingerprint density at radius 2 is 1.75 bits per heavy atom. The summed E-state index contributed by atoms with van der Waals surface area (Å²) in [5.74, 6) is -0.213. The van der Waals surface area contributed by atoms with Crippen molar-refractivity contribution < 1.29 is 9.59 Å². The van der Waals surface area contributed by atoms with E-state index in [0.29, 0.717) is 12.1 Å². The zero-order valence-electron chi connectivity index (χ0n) is 13.2. The second kappa shape index (κ2) is 7.08. The average Bonchev–Trinajstić information content (AvgIpc) is 3.14. The van der Waals surface area contributed by atoms with E-state index in [1.165, 1.54) is 12.4 Å². The first kappa shape index (κ1) is 15.9. The quantitative estimate of drug-likeness (QED) is 0.880. The van der Waals surface area contributed by atoms with E-state index in [4.69, 9.17) is 5.73 Å². The molecule has 1 aromatic carbocycles. The van der Waals surface area contributed by atoms with Crippen LogP contribution in [0.25, 0.3) is 0 Å². The summed E-state index contributed by atoms with van der Waals surface area (Å²) >= 11 is 0. The SMILES string of the molecule is Nc1nccnc1C(=O)NCc1ccc(C(=O)N2CCCC2)cc1. The second-order valence-electron chi connectivity index (χ2n) is 5.67. The number of carbonyl (C=O) groups is 2. The Morgan fingerprint density at radius 1 is 1.08 bits per heavy atom. The van der Waals surface area contributed by atoms with Gasteiger partial charge in [-0.3, -0.25) is 9.59 Å². The lowest BCUT2D eigenvalue weighted by molar-refractivity contribution is 0.0792. The van der Waals surface area contributed by atoms with E-state index < -0.39 is 0 Å². The normalized spacial score (nSPS) is 13.8. The molecule has 0 atom stereocenters. The minimum absolute atomic E-state index is 0.0652.